The van der Waals surface area contributed by atoms with Crippen LogP contribution >= 0.6 is 0 Å². The smallest absolute Gasteiger partial charge is 0.268 e. The largest absolute Gasteiger partial charge is 0.379 e. The number of rotatable bonds is 6. The molecule has 0 saturated carbocycles. The molecule has 10 nitrogen and oxygen atoms in total. The number of hydrogen-bond acceptors (Lipinski definition) is 6. The van der Waals surface area contributed by atoms with Gasteiger partial charge in [0, 0.05) is 25.0 Å². The molecule has 3 rings (SSSR count). The van der Waals surface area contributed by atoms with E-state index in [2.05, 4.69) is 10.3 Å². The first kappa shape index (κ1) is 19.0. The Morgan fingerprint density at radius 3 is 2.67 bits per heavy atom. The number of hydrogen-bond donors (Lipinski definition) is 2. The van der Waals surface area contributed by atoms with Crippen LogP contribution < -0.4 is 11.1 Å². The Hall–Kier alpha value is -2.76. The molecular formula is C16H19N5O5S. The molecule has 1 aromatic carbocycles. The number of primary amides is 1. The minimum atomic E-state index is -3.65. The van der Waals surface area contributed by atoms with Gasteiger partial charge in [0.1, 0.15) is 12.2 Å². The molecule has 3 N–H and O–H groups in total. The van der Waals surface area contributed by atoms with Gasteiger partial charge >= 0.3 is 0 Å². The van der Waals surface area contributed by atoms with Crippen LogP contribution in [0.3, 0.4) is 0 Å². The molecule has 2 amide bonds. The van der Waals surface area contributed by atoms with Crippen molar-refractivity contribution in [3.8, 4) is 0 Å². The third-order valence-electron chi connectivity index (χ3n) is 3.94. The topological polar surface area (TPSA) is 137 Å². The maximum Gasteiger partial charge on any atom is 0.268 e. The van der Waals surface area contributed by atoms with Crippen LogP contribution in [-0.4, -0.2) is 60.4 Å². The average Bonchev–Trinajstić information content (AvgIpc) is 3.11. The molecule has 0 radical (unpaired) electrons. The van der Waals surface area contributed by atoms with Crippen LogP contribution in [0.2, 0.25) is 0 Å². The molecule has 0 unspecified atom stereocenters. The van der Waals surface area contributed by atoms with E-state index >= 15 is 0 Å². The quantitative estimate of drug-likeness (QED) is 0.688. The summed E-state index contributed by atoms with van der Waals surface area (Å²) in [5.74, 6) is -1.08. The Morgan fingerprint density at radius 2 is 2.00 bits per heavy atom. The summed E-state index contributed by atoms with van der Waals surface area (Å²) in [6, 6.07) is 6.05. The van der Waals surface area contributed by atoms with E-state index in [0.29, 0.717) is 32.0 Å². The second kappa shape index (κ2) is 7.86. The zero-order chi connectivity index (χ0) is 19.4. The highest BCUT2D eigenvalue weighted by atomic mass is 32.2. The highest BCUT2D eigenvalue weighted by Crippen LogP contribution is 2.20. The van der Waals surface area contributed by atoms with Gasteiger partial charge < -0.3 is 20.4 Å². The number of sulfonamides is 1. The second-order valence-electron chi connectivity index (χ2n) is 5.89. The molecule has 0 spiro atoms. The molecule has 0 bridgehead atoms. The molecule has 2 heterocycles. The number of benzene rings is 1. The molecule has 1 saturated heterocycles. The summed E-state index contributed by atoms with van der Waals surface area (Å²) in [6.45, 7) is 1.20. The minimum absolute atomic E-state index is 0.0569. The fourth-order valence-electron chi connectivity index (χ4n) is 2.61. The fourth-order valence-corrected chi connectivity index (χ4v) is 4.06. The lowest BCUT2D eigenvalue weighted by Crippen LogP contribution is -2.40. The average molecular weight is 393 g/mol. The van der Waals surface area contributed by atoms with Crippen molar-refractivity contribution in [2.75, 3.05) is 31.6 Å². The summed E-state index contributed by atoms with van der Waals surface area (Å²) in [5, 5.41) is 2.63. The molecule has 1 aliphatic heterocycles. The number of ether oxygens (including phenoxy) is 1. The van der Waals surface area contributed by atoms with Gasteiger partial charge in [-0.1, -0.05) is 6.07 Å². The standard InChI is InChI=1S/C16H19N5O5S/c17-16(23)14-9-20(11-18-14)10-15(22)19-12-2-1-3-13(8-12)27(24,25)21-4-6-26-7-5-21/h1-3,8-9,11H,4-7,10H2,(H2,17,23)(H,19,22). The fraction of sp³-hybridized carbons (Fsp3) is 0.312. The summed E-state index contributed by atoms with van der Waals surface area (Å²) >= 11 is 0. The van der Waals surface area contributed by atoms with E-state index in [1.54, 1.807) is 12.1 Å². The number of aromatic nitrogens is 2. The predicted molar refractivity (Wildman–Crippen MR) is 95.4 cm³/mol. The van der Waals surface area contributed by atoms with Gasteiger partial charge in [0.25, 0.3) is 5.91 Å². The highest BCUT2D eigenvalue weighted by molar-refractivity contribution is 7.89. The number of amides is 2. The van der Waals surface area contributed by atoms with Crippen molar-refractivity contribution in [2.45, 2.75) is 11.4 Å². The number of nitrogens with two attached hydrogens (primary N) is 1. The van der Waals surface area contributed by atoms with Crippen molar-refractivity contribution in [3.63, 3.8) is 0 Å². The van der Waals surface area contributed by atoms with Crippen molar-refractivity contribution in [1.29, 1.82) is 0 Å². The SMILES string of the molecule is NC(=O)c1cn(CC(=O)Nc2cccc(S(=O)(=O)N3CCOCC3)c2)cn1. The van der Waals surface area contributed by atoms with Crippen LogP contribution in [0.5, 0.6) is 0 Å². The maximum atomic E-state index is 12.7. The lowest BCUT2D eigenvalue weighted by atomic mass is 10.3. The van der Waals surface area contributed by atoms with Crippen LogP contribution in [0.4, 0.5) is 5.69 Å². The summed E-state index contributed by atoms with van der Waals surface area (Å²) < 4.78 is 33.3. The Balaban J connectivity index is 1.69. The third kappa shape index (κ3) is 4.51. The van der Waals surface area contributed by atoms with Gasteiger partial charge in [0.2, 0.25) is 15.9 Å². The summed E-state index contributed by atoms with van der Waals surface area (Å²) in [6.07, 6.45) is 2.68. The lowest BCUT2D eigenvalue weighted by Gasteiger charge is -2.26. The number of anilines is 1. The van der Waals surface area contributed by atoms with Crippen molar-refractivity contribution < 1.29 is 22.7 Å². The zero-order valence-electron chi connectivity index (χ0n) is 14.4. The molecule has 1 fully saturated rings. The summed E-state index contributed by atoms with van der Waals surface area (Å²) in [7, 11) is -3.65. The molecule has 144 valence electrons. The normalized spacial score (nSPS) is 15.4. The van der Waals surface area contributed by atoms with E-state index < -0.39 is 21.8 Å². The number of carbonyl (C=O) groups excluding carboxylic acids is 2. The van der Waals surface area contributed by atoms with E-state index in [9.17, 15) is 18.0 Å². The molecule has 2 aromatic rings. The van der Waals surface area contributed by atoms with Crippen LogP contribution in [0.1, 0.15) is 10.5 Å². The Bertz CT molecular complexity index is 950. The van der Waals surface area contributed by atoms with Crippen molar-refractivity contribution in [3.05, 3.63) is 42.5 Å². The first-order valence-corrected chi connectivity index (χ1v) is 9.59. The van der Waals surface area contributed by atoms with Crippen molar-refractivity contribution >= 4 is 27.5 Å². The highest BCUT2D eigenvalue weighted by Gasteiger charge is 2.26. The van der Waals surface area contributed by atoms with Gasteiger partial charge in [-0.3, -0.25) is 9.59 Å². The first-order chi connectivity index (χ1) is 12.9. The van der Waals surface area contributed by atoms with Gasteiger partial charge in [-0.2, -0.15) is 4.31 Å². The van der Waals surface area contributed by atoms with Crippen LogP contribution in [0, 0.1) is 0 Å². The van der Waals surface area contributed by atoms with E-state index in [4.69, 9.17) is 10.5 Å². The molecule has 0 atom stereocenters. The minimum Gasteiger partial charge on any atom is -0.379 e. The van der Waals surface area contributed by atoms with Gasteiger partial charge in [0.15, 0.2) is 0 Å². The Labute approximate surface area is 156 Å². The molecule has 1 aromatic heterocycles. The Morgan fingerprint density at radius 1 is 1.26 bits per heavy atom. The van der Waals surface area contributed by atoms with E-state index in [0.717, 1.165) is 0 Å². The molecule has 27 heavy (non-hydrogen) atoms. The van der Waals surface area contributed by atoms with Crippen LogP contribution in [-0.2, 0) is 26.1 Å². The van der Waals surface area contributed by atoms with Crippen molar-refractivity contribution in [1.82, 2.24) is 13.9 Å². The second-order valence-corrected chi connectivity index (χ2v) is 7.83. The number of nitrogens with zero attached hydrogens (tertiary/aromatic N) is 3. The number of nitrogens with one attached hydrogen (secondary N) is 1. The van der Waals surface area contributed by atoms with E-state index in [1.807, 2.05) is 0 Å². The third-order valence-corrected chi connectivity index (χ3v) is 5.83. The zero-order valence-corrected chi connectivity index (χ0v) is 15.2. The van der Waals surface area contributed by atoms with Gasteiger partial charge in [-0.25, -0.2) is 13.4 Å². The van der Waals surface area contributed by atoms with Gasteiger partial charge in [-0.15, -0.1) is 0 Å². The molecule has 1 aliphatic rings. The maximum absolute atomic E-state index is 12.7. The summed E-state index contributed by atoms with van der Waals surface area (Å²) in [4.78, 5) is 27.1. The molecular weight excluding hydrogens is 374 g/mol. The van der Waals surface area contributed by atoms with E-state index in [1.165, 1.54) is 33.5 Å². The number of carbonyl (C=O) groups is 2. The van der Waals surface area contributed by atoms with Crippen molar-refractivity contribution in [2.24, 2.45) is 5.73 Å². The molecule has 0 aliphatic carbocycles. The number of imidazole rings is 1. The van der Waals surface area contributed by atoms with Gasteiger partial charge in [0.05, 0.1) is 24.4 Å². The summed E-state index contributed by atoms with van der Waals surface area (Å²) in [5.41, 5.74) is 5.52. The van der Waals surface area contributed by atoms with Crippen LogP contribution in [0.25, 0.3) is 0 Å². The van der Waals surface area contributed by atoms with Gasteiger partial charge in [-0.05, 0) is 18.2 Å². The number of morpholine rings is 1. The Kier molecular flexibility index (Phi) is 5.54. The first-order valence-electron chi connectivity index (χ1n) is 8.15. The van der Waals surface area contributed by atoms with E-state index in [-0.39, 0.29) is 17.1 Å². The molecule has 11 heteroatoms. The lowest BCUT2D eigenvalue weighted by molar-refractivity contribution is -0.116. The predicted octanol–water partition coefficient (Wildman–Crippen LogP) is -0.358. The monoisotopic (exact) mass is 393 g/mol. The van der Waals surface area contributed by atoms with Crippen LogP contribution in [0.15, 0.2) is 41.7 Å².